The van der Waals surface area contributed by atoms with Crippen molar-refractivity contribution in [1.82, 2.24) is 25.3 Å². The maximum absolute atomic E-state index is 12.9. The Morgan fingerprint density at radius 2 is 2.00 bits per heavy atom. The van der Waals surface area contributed by atoms with Crippen molar-refractivity contribution in [2.24, 2.45) is 5.92 Å². The van der Waals surface area contributed by atoms with Crippen molar-refractivity contribution < 1.29 is 18.8 Å². The molecule has 1 saturated carbocycles. The van der Waals surface area contributed by atoms with Gasteiger partial charge >= 0.3 is 6.03 Å². The Morgan fingerprint density at radius 1 is 1.26 bits per heavy atom. The molecular formula is C21H21N5O5. The zero-order chi connectivity index (χ0) is 21.8. The smallest absolute Gasteiger partial charge is 0.344 e. The molecule has 1 aliphatic carbocycles. The van der Waals surface area contributed by atoms with Crippen LogP contribution in [0.15, 0.2) is 39.8 Å². The number of rotatable bonds is 3. The van der Waals surface area contributed by atoms with Gasteiger partial charge in [-0.1, -0.05) is 19.1 Å². The minimum atomic E-state index is -0.956. The highest BCUT2D eigenvalue weighted by molar-refractivity contribution is 6.08. The van der Waals surface area contributed by atoms with Crippen LogP contribution >= 0.6 is 0 Å². The number of nitrogens with zero attached hydrogens (tertiary/aromatic N) is 3. The molecular weight excluding hydrogens is 402 g/mol. The van der Waals surface area contributed by atoms with Crippen LogP contribution in [0, 0.1) is 5.92 Å². The summed E-state index contributed by atoms with van der Waals surface area (Å²) in [5, 5.41) is 4.16. The molecule has 2 aliphatic rings. The Balaban J connectivity index is 1.35. The van der Waals surface area contributed by atoms with Gasteiger partial charge in [-0.15, -0.1) is 0 Å². The van der Waals surface area contributed by atoms with Gasteiger partial charge in [-0.25, -0.2) is 9.78 Å². The van der Waals surface area contributed by atoms with E-state index in [1.165, 1.54) is 6.33 Å². The number of hydrazine groups is 1. The first kappa shape index (κ1) is 19.3. The van der Waals surface area contributed by atoms with Crippen molar-refractivity contribution in [2.45, 2.75) is 44.7 Å². The fraction of sp³-hybridized carbons (Fsp3) is 0.381. The standard InChI is InChI=1S/C21H21N5O5/c1-12-6-8-21(9-7-12)19(29)26(20(30)23-21)24-15(27)10-25-11-22-16-13-4-2-3-5-14(13)31-17(16)18(25)28/h2-5,11-12H,6-10H2,1H3,(H,23,30)(H,24,27). The van der Waals surface area contributed by atoms with E-state index in [-0.39, 0.29) is 5.58 Å². The lowest BCUT2D eigenvalue weighted by Gasteiger charge is -2.33. The predicted octanol–water partition coefficient (Wildman–Crippen LogP) is 1.67. The van der Waals surface area contributed by atoms with E-state index in [2.05, 4.69) is 22.7 Å². The van der Waals surface area contributed by atoms with E-state index in [9.17, 15) is 19.2 Å². The molecule has 5 rings (SSSR count). The summed E-state index contributed by atoms with van der Waals surface area (Å²) in [7, 11) is 0. The highest BCUT2D eigenvalue weighted by Crippen LogP contribution is 2.35. The van der Waals surface area contributed by atoms with Crippen molar-refractivity contribution in [1.29, 1.82) is 0 Å². The molecule has 10 heteroatoms. The van der Waals surface area contributed by atoms with Crippen molar-refractivity contribution in [2.75, 3.05) is 0 Å². The summed E-state index contributed by atoms with van der Waals surface area (Å²) >= 11 is 0. The highest BCUT2D eigenvalue weighted by Gasteiger charge is 2.52. The summed E-state index contributed by atoms with van der Waals surface area (Å²) in [6.45, 7) is 1.69. The first-order chi connectivity index (χ1) is 14.9. The van der Waals surface area contributed by atoms with Crippen LogP contribution in [0.3, 0.4) is 0 Å². The van der Waals surface area contributed by atoms with E-state index in [0.29, 0.717) is 35.2 Å². The van der Waals surface area contributed by atoms with Gasteiger partial charge in [0, 0.05) is 5.39 Å². The number of urea groups is 1. The largest absolute Gasteiger partial charge is 0.448 e. The third-order valence-corrected chi connectivity index (χ3v) is 6.19. The zero-order valence-electron chi connectivity index (χ0n) is 16.9. The molecule has 3 heterocycles. The Kier molecular flexibility index (Phi) is 4.31. The minimum absolute atomic E-state index is 0.0433. The fourth-order valence-electron chi connectivity index (χ4n) is 4.36. The van der Waals surface area contributed by atoms with Gasteiger partial charge in [-0.2, -0.15) is 5.01 Å². The van der Waals surface area contributed by atoms with Gasteiger partial charge in [0.15, 0.2) is 0 Å². The molecule has 0 radical (unpaired) electrons. The average Bonchev–Trinajstić information content (AvgIpc) is 3.24. The first-order valence-corrected chi connectivity index (χ1v) is 10.2. The monoisotopic (exact) mass is 423 g/mol. The summed E-state index contributed by atoms with van der Waals surface area (Å²) in [5.41, 5.74) is 1.83. The normalized spacial score (nSPS) is 23.6. The number of amides is 4. The van der Waals surface area contributed by atoms with Gasteiger partial charge in [-0.05, 0) is 43.7 Å². The van der Waals surface area contributed by atoms with E-state index in [4.69, 9.17) is 4.42 Å². The maximum atomic E-state index is 12.9. The number of aromatic nitrogens is 2. The second kappa shape index (κ2) is 6.93. The summed E-state index contributed by atoms with van der Waals surface area (Å²) in [6.07, 6.45) is 3.98. The lowest BCUT2D eigenvalue weighted by atomic mass is 9.77. The number of nitrogens with one attached hydrogen (secondary N) is 2. The van der Waals surface area contributed by atoms with Crippen LogP contribution in [0.1, 0.15) is 32.6 Å². The second-order valence-electron chi connectivity index (χ2n) is 8.32. The Bertz CT molecular complexity index is 1280. The molecule has 4 amide bonds. The van der Waals surface area contributed by atoms with Crippen LogP contribution in [-0.2, 0) is 16.1 Å². The summed E-state index contributed by atoms with van der Waals surface area (Å²) in [6, 6.07) is 6.47. The molecule has 10 nitrogen and oxygen atoms in total. The lowest BCUT2D eigenvalue weighted by molar-refractivity contribution is -0.140. The number of benzene rings is 1. The van der Waals surface area contributed by atoms with Crippen LogP contribution in [0.25, 0.3) is 22.1 Å². The second-order valence-corrected chi connectivity index (χ2v) is 8.32. The third-order valence-electron chi connectivity index (χ3n) is 6.19. The van der Waals surface area contributed by atoms with E-state index < -0.39 is 35.5 Å². The molecule has 1 aliphatic heterocycles. The topological polar surface area (TPSA) is 127 Å². The van der Waals surface area contributed by atoms with E-state index in [1.54, 1.807) is 18.2 Å². The molecule has 1 spiro atoms. The molecule has 2 N–H and O–H groups in total. The molecule has 0 atom stereocenters. The molecule has 160 valence electrons. The van der Waals surface area contributed by atoms with Gasteiger partial charge in [0.2, 0.25) is 5.58 Å². The predicted molar refractivity (Wildman–Crippen MR) is 110 cm³/mol. The summed E-state index contributed by atoms with van der Waals surface area (Å²) in [4.78, 5) is 54.8. The Labute approximate surface area is 176 Å². The number of para-hydroxylation sites is 1. The van der Waals surface area contributed by atoms with Crippen molar-refractivity contribution in [3.63, 3.8) is 0 Å². The Hall–Kier alpha value is -3.69. The quantitative estimate of drug-likeness (QED) is 0.617. The number of imide groups is 1. The van der Waals surface area contributed by atoms with Crippen LogP contribution in [0.5, 0.6) is 0 Å². The molecule has 2 aromatic heterocycles. The molecule has 1 aromatic carbocycles. The van der Waals surface area contributed by atoms with Gasteiger partial charge < -0.3 is 9.73 Å². The van der Waals surface area contributed by atoms with Crippen molar-refractivity contribution in [3.05, 3.63) is 40.9 Å². The molecule has 1 saturated heterocycles. The van der Waals surface area contributed by atoms with E-state index in [1.807, 2.05) is 6.07 Å². The number of carbonyl (C=O) groups is 3. The van der Waals surface area contributed by atoms with Crippen LogP contribution in [0.2, 0.25) is 0 Å². The molecule has 31 heavy (non-hydrogen) atoms. The van der Waals surface area contributed by atoms with Gasteiger partial charge in [0.25, 0.3) is 17.4 Å². The number of hydrogen-bond acceptors (Lipinski definition) is 6. The maximum Gasteiger partial charge on any atom is 0.344 e. The molecule has 0 bridgehead atoms. The summed E-state index contributed by atoms with van der Waals surface area (Å²) < 4.78 is 6.68. The van der Waals surface area contributed by atoms with Crippen LogP contribution < -0.4 is 16.3 Å². The minimum Gasteiger partial charge on any atom is -0.448 e. The van der Waals surface area contributed by atoms with E-state index in [0.717, 1.165) is 22.4 Å². The lowest BCUT2D eigenvalue weighted by Crippen LogP contribution is -2.52. The molecule has 2 fully saturated rings. The third kappa shape index (κ3) is 3.06. The Morgan fingerprint density at radius 3 is 2.77 bits per heavy atom. The van der Waals surface area contributed by atoms with Gasteiger partial charge in [-0.3, -0.25) is 24.4 Å². The number of furan rings is 1. The van der Waals surface area contributed by atoms with Crippen LogP contribution in [-0.4, -0.2) is 37.9 Å². The number of fused-ring (bicyclic) bond motifs is 3. The van der Waals surface area contributed by atoms with Crippen LogP contribution in [0.4, 0.5) is 4.79 Å². The van der Waals surface area contributed by atoms with Crippen molar-refractivity contribution >= 4 is 39.9 Å². The fourth-order valence-corrected chi connectivity index (χ4v) is 4.36. The molecule has 0 unspecified atom stereocenters. The zero-order valence-corrected chi connectivity index (χ0v) is 16.9. The highest BCUT2D eigenvalue weighted by atomic mass is 16.3. The first-order valence-electron chi connectivity index (χ1n) is 10.2. The van der Waals surface area contributed by atoms with Crippen molar-refractivity contribution in [3.8, 4) is 0 Å². The average molecular weight is 423 g/mol. The SMILES string of the molecule is CC1CCC2(CC1)NC(=O)N(NC(=O)Cn1cnc3c(oc4ccccc43)c1=O)C2=O. The van der Waals surface area contributed by atoms with Gasteiger partial charge in [0.1, 0.15) is 23.2 Å². The number of hydrogen-bond donors (Lipinski definition) is 2. The molecule has 3 aromatic rings. The summed E-state index contributed by atoms with van der Waals surface area (Å²) in [5.74, 6) is -0.661. The van der Waals surface area contributed by atoms with E-state index >= 15 is 0 Å². The number of carbonyl (C=O) groups excluding carboxylic acids is 3. The van der Waals surface area contributed by atoms with Gasteiger partial charge in [0.05, 0.1) is 6.33 Å².